The summed E-state index contributed by atoms with van der Waals surface area (Å²) >= 11 is 1.76. The molecule has 1 fully saturated rings. The van der Waals surface area contributed by atoms with Crippen molar-refractivity contribution >= 4 is 17.7 Å². The summed E-state index contributed by atoms with van der Waals surface area (Å²) in [5.74, 6) is 2.45. The first-order valence-electron chi connectivity index (χ1n) is 7.75. The first kappa shape index (κ1) is 16.6. The molecule has 1 saturated heterocycles. The van der Waals surface area contributed by atoms with Crippen molar-refractivity contribution in [2.45, 2.75) is 18.3 Å². The number of pyridine rings is 1. The zero-order valence-corrected chi connectivity index (χ0v) is 14.6. The van der Waals surface area contributed by atoms with Crippen LogP contribution in [0.4, 0.5) is 0 Å². The molecule has 2 heterocycles. The van der Waals surface area contributed by atoms with Gasteiger partial charge in [0.05, 0.1) is 14.2 Å². The Hall–Kier alpha value is -2.21. The van der Waals surface area contributed by atoms with Crippen LogP contribution in [0.15, 0.2) is 42.7 Å². The lowest BCUT2D eigenvalue weighted by Crippen LogP contribution is -2.36. The summed E-state index contributed by atoms with van der Waals surface area (Å²) in [7, 11) is 3.27. The molecule has 0 bridgehead atoms. The highest BCUT2D eigenvalue weighted by molar-refractivity contribution is 7.99. The summed E-state index contributed by atoms with van der Waals surface area (Å²) in [6.07, 6.45) is 4.06. The largest absolute Gasteiger partial charge is 0.497 e. The van der Waals surface area contributed by atoms with E-state index in [1.807, 2.05) is 35.2 Å². The molecule has 1 aliphatic rings. The normalized spacial score (nSPS) is 17.7. The maximum Gasteiger partial charge on any atom is 0.224 e. The molecule has 1 unspecified atom stereocenters. The smallest absolute Gasteiger partial charge is 0.224 e. The van der Waals surface area contributed by atoms with E-state index in [2.05, 4.69) is 4.98 Å². The number of amides is 1. The van der Waals surface area contributed by atoms with Crippen molar-refractivity contribution in [2.75, 3.05) is 20.0 Å². The van der Waals surface area contributed by atoms with Crippen molar-refractivity contribution in [1.29, 1.82) is 0 Å². The van der Waals surface area contributed by atoms with Crippen molar-refractivity contribution < 1.29 is 14.3 Å². The monoisotopic (exact) mass is 344 g/mol. The number of rotatable bonds is 5. The number of methoxy groups -OCH3 is 2. The number of hydrogen-bond acceptors (Lipinski definition) is 5. The molecule has 0 spiro atoms. The Kier molecular flexibility index (Phi) is 5.25. The van der Waals surface area contributed by atoms with Crippen LogP contribution in [0.2, 0.25) is 0 Å². The summed E-state index contributed by atoms with van der Waals surface area (Å²) in [5.41, 5.74) is 2.06. The van der Waals surface area contributed by atoms with E-state index in [1.54, 1.807) is 38.4 Å². The second-order valence-electron chi connectivity index (χ2n) is 5.46. The van der Waals surface area contributed by atoms with Gasteiger partial charge in [0.25, 0.3) is 0 Å². The molecule has 24 heavy (non-hydrogen) atoms. The van der Waals surface area contributed by atoms with E-state index in [0.29, 0.717) is 13.0 Å². The minimum absolute atomic E-state index is 0.0692. The average molecular weight is 344 g/mol. The highest BCUT2D eigenvalue weighted by Crippen LogP contribution is 2.43. The van der Waals surface area contributed by atoms with Crippen LogP contribution in [0.1, 0.15) is 22.9 Å². The van der Waals surface area contributed by atoms with Crippen molar-refractivity contribution in [3.05, 3.63) is 53.9 Å². The van der Waals surface area contributed by atoms with Gasteiger partial charge in [-0.3, -0.25) is 9.78 Å². The minimum atomic E-state index is -0.0692. The van der Waals surface area contributed by atoms with Crippen LogP contribution < -0.4 is 9.47 Å². The van der Waals surface area contributed by atoms with E-state index in [9.17, 15) is 4.79 Å². The Morgan fingerprint density at radius 2 is 2.00 bits per heavy atom. The van der Waals surface area contributed by atoms with E-state index in [1.165, 1.54) is 0 Å². The van der Waals surface area contributed by atoms with Crippen molar-refractivity contribution in [3.8, 4) is 11.5 Å². The Morgan fingerprint density at radius 1 is 1.21 bits per heavy atom. The molecular weight excluding hydrogens is 324 g/mol. The maximum atomic E-state index is 12.5. The standard InChI is InChI=1S/C18H20N2O3S/c1-22-14-3-4-15(16(11-14)23-2)18-20(17(21)7-10-24-18)12-13-5-8-19-9-6-13/h3-6,8-9,11,18H,7,10,12H2,1-2H3. The van der Waals surface area contributed by atoms with Crippen molar-refractivity contribution in [3.63, 3.8) is 0 Å². The van der Waals surface area contributed by atoms with Gasteiger partial charge in [-0.2, -0.15) is 0 Å². The molecule has 0 aliphatic carbocycles. The molecule has 0 saturated carbocycles. The van der Waals surface area contributed by atoms with Gasteiger partial charge in [0, 0.05) is 42.7 Å². The first-order valence-corrected chi connectivity index (χ1v) is 8.79. The Balaban J connectivity index is 1.93. The van der Waals surface area contributed by atoms with E-state index >= 15 is 0 Å². The molecule has 5 nitrogen and oxygen atoms in total. The number of nitrogens with zero attached hydrogens (tertiary/aromatic N) is 2. The van der Waals surface area contributed by atoms with Crippen LogP contribution in [0.3, 0.4) is 0 Å². The van der Waals surface area contributed by atoms with E-state index in [0.717, 1.165) is 28.4 Å². The third-order valence-corrected chi connectivity index (χ3v) is 5.27. The third-order valence-electron chi connectivity index (χ3n) is 4.00. The predicted octanol–water partition coefficient (Wildman–Crippen LogP) is 3.26. The summed E-state index contributed by atoms with van der Waals surface area (Å²) in [5, 5.41) is -0.0692. The molecule has 0 radical (unpaired) electrons. The molecule has 126 valence electrons. The van der Waals surface area contributed by atoms with Crippen LogP contribution in [0.5, 0.6) is 11.5 Å². The van der Waals surface area contributed by atoms with Gasteiger partial charge in [-0.25, -0.2) is 0 Å². The molecule has 1 atom stereocenters. The maximum absolute atomic E-state index is 12.5. The van der Waals surface area contributed by atoms with Gasteiger partial charge < -0.3 is 14.4 Å². The summed E-state index contributed by atoms with van der Waals surface area (Å²) in [6, 6.07) is 9.62. The lowest BCUT2D eigenvalue weighted by Gasteiger charge is -2.36. The fourth-order valence-corrected chi connectivity index (χ4v) is 4.02. The Labute approximate surface area is 146 Å². The molecule has 1 aromatic heterocycles. The van der Waals surface area contributed by atoms with Gasteiger partial charge in [0.15, 0.2) is 0 Å². The SMILES string of the molecule is COc1ccc(C2SCCC(=O)N2Cc2ccncc2)c(OC)c1. The van der Waals surface area contributed by atoms with Gasteiger partial charge in [0.1, 0.15) is 16.9 Å². The zero-order valence-electron chi connectivity index (χ0n) is 13.8. The number of aromatic nitrogens is 1. The van der Waals surface area contributed by atoms with Gasteiger partial charge in [-0.05, 0) is 29.8 Å². The van der Waals surface area contributed by atoms with Crippen molar-refractivity contribution in [1.82, 2.24) is 9.88 Å². The average Bonchev–Trinajstić information content (AvgIpc) is 2.64. The topological polar surface area (TPSA) is 51.7 Å². The minimum Gasteiger partial charge on any atom is -0.497 e. The molecule has 1 aliphatic heterocycles. The fraction of sp³-hybridized carbons (Fsp3) is 0.333. The molecule has 1 aromatic carbocycles. The zero-order chi connectivity index (χ0) is 16.9. The first-order chi connectivity index (χ1) is 11.7. The van der Waals surface area contributed by atoms with Gasteiger partial charge in [-0.15, -0.1) is 11.8 Å². The highest BCUT2D eigenvalue weighted by atomic mass is 32.2. The fourth-order valence-electron chi connectivity index (χ4n) is 2.76. The van der Waals surface area contributed by atoms with Gasteiger partial charge in [-0.1, -0.05) is 0 Å². The van der Waals surface area contributed by atoms with Crippen LogP contribution >= 0.6 is 11.8 Å². The van der Waals surface area contributed by atoms with Crippen LogP contribution in [0, 0.1) is 0 Å². The molecule has 2 aromatic rings. The van der Waals surface area contributed by atoms with E-state index in [4.69, 9.17) is 9.47 Å². The Bertz CT molecular complexity index is 709. The van der Waals surface area contributed by atoms with Gasteiger partial charge >= 0.3 is 0 Å². The summed E-state index contributed by atoms with van der Waals surface area (Å²) in [6.45, 7) is 0.564. The number of ether oxygens (including phenoxy) is 2. The lowest BCUT2D eigenvalue weighted by atomic mass is 10.1. The predicted molar refractivity (Wildman–Crippen MR) is 94.1 cm³/mol. The van der Waals surface area contributed by atoms with Crippen LogP contribution in [-0.4, -0.2) is 35.8 Å². The third kappa shape index (κ3) is 3.48. The second kappa shape index (κ2) is 7.57. The van der Waals surface area contributed by atoms with E-state index in [-0.39, 0.29) is 11.3 Å². The number of carbonyl (C=O) groups is 1. The molecule has 0 N–H and O–H groups in total. The number of hydrogen-bond donors (Lipinski definition) is 0. The number of thioether (sulfide) groups is 1. The van der Waals surface area contributed by atoms with Crippen LogP contribution in [-0.2, 0) is 11.3 Å². The molecular formula is C18H20N2O3S. The van der Waals surface area contributed by atoms with Gasteiger partial charge in [0.2, 0.25) is 5.91 Å². The molecule has 3 rings (SSSR count). The summed E-state index contributed by atoms with van der Waals surface area (Å²) < 4.78 is 10.8. The highest BCUT2D eigenvalue weighted by Gasteiger charge is 2.31. The van der Waals surface area contributed by atoms with Crippen molar-refractivity contribution in [2.24, 2.45) is 0 Å². The van der Waals surface area contributed by atoms with E-state index < -0.39 is 0 Å². The molecule has 6 heteroatoms. The summed E-state index contributed by atoms with van der Waals surface area (Å²) in [4.78, 5) is 18.5. The second-order valence-corrected chi connectivity index (χ2v) is 6.65. The quantitative estimate of drug-likeness (QED) is 0.833. The number of benzene rings is 1. The molecule has 1 amide bonds. The van der Waals surface area contributed by atoms with Crippen LogP contribution in [0.25, 0.3) is 0 Å². The number of carbonyl (C=O) groups excluding carboxylic acids is 1. The lowest BCUT2D eigenvalue weighted by molar-refractivity contribution is -0.132. The Morgan fingerprint density at radius 3 is 2.71 bits per heavy atom.